The van der Waals surface area contributed by atoms with E-state index in [-0.39, 0.29) is 0 Å². The summed E-state index contributed by atoms with van der Waals surface area (Å²) < 4.78 is 17.3. The molecule has 0 fully saturated rings. The van der Waals surface area contributed by atoms with E-state index < -0.39 is 36.6 Å². The predicted molar refractivity (Wildman–Crippen MR) is 67.0 cm³/mol. The molecule has 0 aromatic rings. The lowest BCUT2D eigenvalue weighted by atomic mass is 11.9. The molecule has 0 rings (SSSR count). The molecule has 0 aliphatic heterocycles. The van der Waals surface area contributed by atoms with Gasteiger partial charge in [-0.05, 0) is 39.3 Å². The Kier molecular flexibility index (Phi) is 7.50. The molecule has 80 valence electrons. The number of hydrogen-bond acceptors (Lipinski definition) is 3. The average Bonchev–Trinajstić information content (AvgIpc) is 1.80. The van der Waals surface area contributed by atoms with Crippen LogP contribution >= 0.6 is 0 Å². The highest BCUT2D eigenvalue weighted by Gasteiger charge is 2.20. The van der Waals surface area contributed by atoms with Gasteiger partial charge in [-0.15, -0.1) is 0 Å². The molecular weight excluding hydrogens is 232 g/mol. The molecule has 0 bridgehead atoms. The monoisotopic (exact) mass is 254 g/mol. The quantitative estimate of drug-likeness (QED) is 0.653. The molecule has 13 heavy (non-hydrogen) atoms. The van der Waals surface area contributed by atoms with Crippen LogP contribution in [0.15, 0.2) is 0 Å². The van der Waals surface area contributed by atoms with Crippen LogP contribution in [0.4, 0.5) is 0 Å². The van der Waals surface area contributed by atoms with E-state index in [1.54, 1.807) is 0 Å². The number of hydrogen-bond donors (Lipinski definition) is 0. The summed E-state index contributed by atoms with van der Waals surface area (Å²) in [5.41, 5.74) is 0. The van der Waals surface area contributed by atoms with Crippen molar-refractivity contribution in [1.29, 1.82) is 0 Å². The van der Waals surface area contributed by atoms with Crippen molar-refractivity contribution in [3.8, 4) is 0 Å². The van der Waals surface area contributed by atoms with E-state index in [9.17, 15) is 0 Å². The first-order chi connectivity index (χ1) is 5.91. The summed E-state index contributed by atoms with van der Waals surface area (Å²) in [7, 11) is -4.69. The topological polar surface area (TPSA) is 27.7 Å². The molecule has 7 heteroatoms. The molecule has 0 amide bonds. The highest BCUT2D eigenvalue weighted by atomic mass is 28.5. The van der Waals surface area contributed by atoms with Crippen LogP contribution in [0.1, 0.15) is 0 Å². The average molecular weight is 255 g/mol. The zero-order valence-corrected chi connectivity index (χ0v) is 14.2. The zero-order chi connectivity index (χ0) is 10.4. The van der Waals surface area contributed by atoms with Crippen molar-refractivity contribution in [2.24, 2.45) is 0 Å². The Morgan fingerprint density at radius 1 is 0.538 bits per heavy atom. The fraction of sp³-hybridized carbons (Fsp3) is 1.00. The lowest BCUT2D eigenvalue weighted by Crippen LogP contribution is -2.38. The molecule has 0 unspecified atom stereocenters. The second kappa shape index (κ2) is 7.09. The highest BCUT2D eigenvalue weighted by Crippen LogP contribution is 2.00. The summed E-state index contributed by atoms with van der Waals surface area (Å²) in [6, 6.07) is 0. The molecule has 3 nitrogen and oxygen atoms in total. The van der Waals surface area contributed by atoms with Gasteiger partial charge in [0.2, 0.25) is 0 Å². The Morgan fingerprint density at radius 3 is 0.923 bits per heavy atom. The van der Waals surface area contributed by atoms with E-state index >= 15 is 0 Å². The van der Waals surface area contributed by atoms with E-state index in [1.807, 2.05) is 0 Å². The minimum Gasteiger partial charge on any atom is -0.422 e. The third kappa shape index (κ3) is 9.06. The van der Waals surface area contributed by atoms with Gasteiger partial charge in [0.15, 0.2) is 27.1 Å². The smallest absolute Gasteiger partial charge is 0.422 e. The van der Waals surface area contributed by atoms with E-state index in [0.717, 1.165) is 0 Å². The Balaban J connectivity index is 3.87. The molecule has 0 atom stereocenters. The van der Waals surface area contributed by atoms with Gasteiger partial charge in [0.25, 0.3) is 0 Å². The largest absolute Gasteiger partial charge is 0.452 e. The summed E-state index contributed by atoms with van der Waals surface area (Å²) in [5.74, 6) is 0. The van der Waals surface area contributed by atoms with Crippen molar-refractivity contribution in [2.45, 2.75) is 39.3 Å². The van der Waals surface area contributed by atoms with E-state index in [2.05, 4.69) is 39.3 Å². The lowest BCUT2D eigenvalue weighted by Gasteiger charge is -2.22. The molecule has 0 spiro atoms. The van der Waals surface area contributed by atoms with Crippen molar-refractivity contribution < 1.29 is 12.3 Å². The maximum Gasteiger partial charge on any atom is 0.452 e. The van der Waals surface area contributed by atoms with Gasteiger partial charge in [-0.1, -0.05) is 0 Å². The SMILES string of the molecule is C[SiH](C)O[SiH](O[SiH](C)C)O[SiH](C)C. The van der Waals surface area contributed by atoms with Gasteiger partial charge in [-0.25, -0.2) is 0 Å². The van der Waals surface area contributed by atoms with Crippen LogP contribution in [-0.4, -0.2) is 36.6 Å². The van der Waals surface area contributed by atoms with Crippen LogP contribution in [0.5, 0.6) is 0 Å². The Morgan fingerprint density at radius 2 is 0.769 bits per heavy atom. The first kappa shape index (κ1) is 13.7. The van der Waals surface area contributed by atoms with Gasteiger partial charge in [0.1, 0.15) is 0 Å². The van der Waals surface area contributed by atoms with Crippen LogP contribution in [0.25, 0.3) is 0 Å². The fourth-order valence-corrected chi connectivity index (χ4v) is 8.60. The van der Waals surface area contributed by atoms with Crippen molar-refractivity contribution >= 4 is 36.6 Å². The molecule has 0 aliphatic carbocycles. The lowest BCUT2D eigenvalue weighted by molar-refractivity contribution is 0.318. The van der Waals surface area contributed by atoms with Gasteiger partial charge in [-0.3, -0.25) is 0 Å². The fourth-order valence-electron chi connectivity index (χ4n) is 0.763. The first-order valence-corrected chi connectivity index (χ1v) is 14.6. The minimum atomic E-state index is -1.72. The van der Waals surface area contributed by atoms with E-state index in [0.29, 0.717) is 0 Å². The van der Waals surface area contributed by atoms with Crippen molar-refractivity contribution in [3.05, 3.63) is 0 Å². The van der Waals surface area contributed by atoms with Crippen LogP contribution in [0.2, 0.25) is 39.3 Å². The molecule has 0 saturated carbocycles. The molecule has 0 saturated heterocycles. The van der Waals surface area contributed by atoms with E-state index in [4.69, 9.17) is 12.3 Å². The van der Waals surface area contributed by atoms with Gasteiger partial charge in [0, 0.05) is 0 Å². The Labute approximate surface area is 88.6 Å². The molecule has 0 heterocycles. The van der Waals surface area contributed by atoms with Crippen LogP contribution in [0.3, 0.4) is 0 Å². The van der Waals surface area contributed by atoms with Gasteiger partial charge in [0.05, 0.1) is 0 Å². The minimum absolute atomic E-state index is 0.990. The molecular formula is C6H22O3Si4. The maximum atomic E-state index is 5.77. The van der Waals surface area contributed by atoms with Crippen LogP contribution in [-0.2, 0) is 12.3 Å². The molecule has 0 aliphatic rings. The summed E-state index contributed by atoms with van der Waals surface area (Å²) in [6.07, 6.45) is 0. The third-order valence-electron chi connectivity index (χ3n) is 1.15. The second-order valence-corrected chi connectivity index (χ2v) is 14.0. The second-order valence-electron chi connectivity index (χ2n) is 3.84. The summed E-state index contributed by atoms with van der Waals surface area (Å²) in [6.45, 7) is 13.0. The van der Waals surface area contributed by atoms with Crippen LogP contribution in [0, 0.1) is 0 Å². The van der Waals surface area contributed by atoms with Crippen molar-refractivity contribution in [1.82, 2.24) is 0 Å². The summed E-state index contributed by atoms with van der Waals surface area (Å²) >= 11 is 0. The Bertz CT molecular complexity index is 107. The third-order valence-corrected chi connectivity index (χ3v) is 10.3. The number of rotatable bonds is 6. The molecule has 0 aromatic heterocycles. The normalized spacial score (nSPS) is 12.5. The van der Waals surface area contributed by atoms with E-state index in [1.165, 1.54) is 0 Å². The van der Waals surface area contributed by atoms with Gasteiger partial charge in [-0.2, -0.15) is 0 Å². The van der Waals surface area contributed by atoms with Gasteiger partial charge >= 0.3 is 9.53 Å². The zero-order valence-electron chi connectivity index (χ0n) is 9.53. The summed E-state index contributed by atoms with van der Waals surface area (Å²) in [5, 5.41) is 0. The first-order valence-electron chi connectivity index (χ1n) is 4.88. The van der Waals surface area contributed by atoms with Gasteiger partial charge < -0.3 is 12.3 Å². The molecule has 0 radical (unpaired) electrons. The molecule has 0 N–H and O–H groups in total. The maximum absolute atomic E-state index is 5.77. The summed E-state index contributed by atoms with van der Waals surface area (Å²) in [4.78, 5) is 0. The van der Waals surface area contributed by atoms with Crippen molar-refractivity contribution in [3.63, 3.8) is 0 Å². The standard InChI is InChI=1S/C6H22O3Si4/c1-10(2)7-13(8-11(3)4)9-12(5)6/h10-13H,1-6H3. The predicted octanol–water partition coefficient (Wildman–Crippen LogP) is 0.704. The van der Waals surface area contributed by atoms with Crippen LogP contribution < -0.4 is 0 Å². The molecule has 0 aromatic carbocycles. The Hall–Kier alpha value is 0.748. The highest BCUT2D eigenvalue weighted by molar-refractivity contribution is 6.69. The van der Waals surface area contributed by atoms with Crippen molar-refractivity contribution in [2.75, 3.05) is 0 Å².